The fraction of sp³-hybridized carbons (Fsp3) is 0.235. The monoisotopic (exact) mass is 365 g/mol. The molecule has 0 fully saturated rings. The van der Waals surface area contributed by atoms with Gasteiger partial charge in [-0.25, -0.2) is 0 Å². The van der Waals surface area contributed by atoms with E-state index in [1.165, 1.54) is 5.56 Å². The van der Waals surface area contributed by atoms with Gasteiger partial charge in [0.05, 0.1) is 0 Å². The second-order valence-corrected chi connectivity index (χ2v) is 6.33. The summed E-state index contributed by atoms with van der Waals surface area (Å²) < 4.78 is 0.816. The number of carbonyl (C=O) groups excluding carboxylic acids is 1. The van der Waals surface area contributed by atoms with Crippen LogP contribution in [0.1, 0.15) is 22.3 Å². The number of nitrogens with zero attached hydrogens (tertiary/aromatic N) is 1. The SMILES string of the molecule is CN(CCCc1ccccc1)C(=O)c1cc(Cl)cc(Br)c1. The number of rotatable bonds is 5. The summed E-state index contributed by atoms with van der Waals surface area (Å²) in [5.74, 6) is -0.00809. The molecule has 0 heterocycles. The Morgan fingerprint density at radius 1 is 1.19 bits per heavy atom. The molecule has 0 spiro atoms. The van der Waals surface area contributed by atoms with E-state index >= 15 is 0 Å². The highest BCUT2D eigenvalue weighted by atomic mass is 79.9. The second-order valence-electron chi connectivity index (χ2n) is 4.97. The molecule has 1 amide bonds. The lowest BCUT2D eigenvalue weighted by Gasteiger charge is -2.17. The molecule has 0 aromatic heterocycles. The van der Waals surface area contributed by atoms with Crippen molar-refractivity contribution < 1.29 is 4.79 Å². The number of hydrogen-bond donors (Lipinski definition) is 0. The van der Waals surface area contributed by atoms with E-state index in [1.807, 2.05) is 25.2 Å². The summed E-state index contributed by atoms with van der Waals surface area (Å²) in [6.45, 7) is 0.720. The van der Waals surface area contributed by atoms with Gasteiger partial charge in [-0.2, -0.15) is 0 Å². The van der Waals surface area contributed by atoms with Crippen molar-refractivity contribution in [2.75, 3.05) is 13.6 Å². The predicted molar refractivity (Wildman–Crippen MR) is 90.9 cm³/mol. The lowest BCUT2D eigenvalue weighted by atomic mass is 10.1. The first-order valence-corrected chi connectivity index (χ1v) is 7.99. The largest absolute Gasteiger partial charge is 0.342 e. The van der Waals surface area contributed by atoms with E-state index in [0.717, 1.165) is 23.9 Å². The molecule has 2 nitrogen and oxygen atoms in total. The summed E-state index contributed by atoms with van der Waals surface area (Å²) in [7, 11) is 1.82. The van der Waals surface area contributed by atoms with Crippen molar-refractivity contribution in [2.24, 2.45) is 0 Å². The minimum atomic E-state index is -0.00809. The third kappa shape index (κ3) is 4.87. The van der Waals surface area contributed by atoms with E-state index in [1.54, 1.807) is 23.1 Å². The first kappa shape index (κ1) is 16.1. The Morgan fingerprint density at radius 2 is 1.90 bits per heavy atom. The van der Waals surface area contributed by atoms with Crippen molar-refractivity contribution in [1.82, 2.24) is 4.90 Å². The molecule has 4 heteroatoms. The Morgan fingerprint density at radius 3 is 2.57 bits per heavy atom. The van der Waals surface area contributed by atoms with Crippen molar-refractivity contribution in [1.29, 1.82) is 0 Å². The van der Waals surface area contributed by atoms with Crippen LogP contribution in [0.2, 0.25) is 5.02 Å². The third-order valence-electron chi connectivity index (χ3n) is 3.26. The van der Waals surface area contributed by atoms with Crippen molar-refractivity contribution in [3.63, 3.8) is 0 Å². The number of amides is 1. The van der Waals surface area contributed by atoms with Gasteiger partial charge in [-0.15, -0.1) is 0 Å². The maximum absolute atomic E-state index is 12.3. The molecule has 0 unspecified atom stereocenters. The van der Waals surface area contributed by atoms with Gasteiger partial charge in [0, 0.05) is 28.7 Å². The van der Waals surface area contributed by atoms with Gasteiger partial charge in [0.2, 0.25) is 0 Å². The topological polar surface area (TPSA) is 20.3 Å². The Bertz CT molecular complexity index is 595. The molecular weight excluding hydrogens is 350 g/mol. The number of hydrogen-bond acceptors (Lipinski definition) is 1. The van der Waals surface area contributed by atoms with Crippen molar-refractivity contribution in [2.45, 2.75) is 12.8 Å². The van der Waals surface area contributed by atoms with E-state index in [4.69, 9.17) is 11.6 Å². The van der Waals surface area contributed by atoms with E-state index in [-0.39, 0.29) is 5.91 Å². The van der Waals surface area contributed by atoms with Gasteiger partial charge in [-0.05, 0) is 36.6 Å². The molecule has 110 valence electrons. The molecule has 0 saturated carbocycles. The molecule has 0 bridgehead atoms. The Kier molecular flexibility index (Phi) is 5.83. The third-order valence-corrected chi connectivity index (χ3v) is 3.93. The number of aryl methyl sites for hydroxylation is 1. The lowest BCUT2D eigenvalue weighted by Crippen LogP contribution is -2.28. The molecule has 0 radical (unpaired) electrons. The highest BCUT2D eigenvalue weighted by Crippen LogP contribution is 2.20. The van der Waals surface area contributed by atoms with Crippen LogP contribution in [0, 0.1) is 0 Å². The zero-order chi connectivity index (χ0) is 15.2. The van der Waals surface area contributed by atoms with Gasteiger partial charge in [0.1, 0.15) is 0 Å². The normalized spacial score (nSPS) is 10.4. The molecule has 21 heavy (non-hydrogen) atoms. The number of benzene rings is 2. The van der Waals surface area contributed by atoms with Crippen LogP contribution in [0.4, 0.5) is 0 Å². The predicted octanol–water partition coefficient (Wildman–Crippen LogP) is 4.81. The fourth-order valence-electron chi connectivity index (χ4n) is 2.16. The van der Waals surface area contributed by atoms with Crippen molar-refractivity contribution in [3.05, 3.63) is 69.2 Å². The molecule has 0 aliphatic carbocycles. The first-order chi connectivity index (χ1) is 10.1. The van der Waals surface area contributed by atoms with Crippen molar-refractivity contribution >= 4 is 33.4 Å². The molecule has 2 rings (SSSR count). The Balaban J connectivity index is 1.90. The molecular formula is C17H17BrClNO. The van der Waals surface area contributed by atoms with Gasteiger partial charge in [0.15, 0.2) is 0 Å². The minimum absolute atomic E-state index is 0.00809. The molecule has 0 N–H and O–H groups in total. The van der Waals surface area contributed by atoms with Gasteiger partial charge in [0.25, 0.3) is 5.91 Å². The fourth-order valence-corrected chi connectivity index (χ4v) is 3.02. The zero-order valence-electron chi connectivity index (χ0n) is 11.9. The van der Waals surface area contributed by atoms with Gasteiger partial charge in [-0.1, -0.05) is 57.9 Å². The molecule has 0 saturated heterocycles. The van der Waals surface area contributed by atoms with Crippen molar-refractivity contribution in [3.8, 4) is 0 Å². The van der Waals surface area contributed by atoms with Gasteiger partial charge < -0.3 is 4.90 Å². The quantitative estimate of drug-likeness (QED) is 0.744. The highest BCUT2D eigenvalue weighted by molar-refractivity contribution is 9.10. The standard InChI is InChI=1S/C17H17BrClNO/c1-20(9-5-8-13-6-3-2-4-7-13)17(21)14-10-15(18)12-16(19)11-14/h2-4,6-7,10-12H,5,8-9H2,1H3. The average Bonchev–Trinajstić information content (AvgIpc) is 2.46. The molecule has 0 aliphatic rings. The Labute approximate surface area is 138 Å². The van der Waals surface area contributed by atoms with Crippen LogP contribution in [0.3, 0.4) is 0 Å². The molecule has 2 aromatic rings. The van der Waals surface area contributed by atoms with E-state index < -0.39 is 0 Å². The van der Waals surface area contributed by atoms with Crippen LogP contribution in [0.5, 0.6) is 0 Å². The van der Waals surface area contributed by atoms with E-state index in [0.29, 0.717) is 10.6 Å². The van der Waals surface area contributed by atoms with Crippen LogP contribution in [0.15, 0.2) is 53.0 Å². The average molecular weight is 367 g/mol. The summed E-state index contributed by atoms with van der Waals surface area (Å²) in [5, 5.41) is 0.561. The van der Waals surface area contributed by atoms with Crippen LogP contribution in [0.25, 0.3) is 0 Å². The molecule has 0 aliphatic heterocycles. The van der Waals surface area contributed by atoms with E-state index in [9.17, 15) is 4.79 Å². The number of halogens is 2. The van der Waals surface area contributed by atoms with Crippen LogP contribution in [-0.4, -0.2) is 24.4 Å². The smallest absolute Gasteiger partial charge is 0.253 e. The molecule has 2 aromatic carbocycles. The number of carbonyl (C=O) groups is 1. The van der Waals surface area contributed by atoms with Gasteiger partial charge in [-0.3, -0.25) is 4.79 Å². The van der Waals surface area contributed by atoms with E-state index in [2.05, 4.69) is 28.1 Å². The minimum Gasteiger partial charge on any atom is -0.342 e. The Hall–Kier alpha value is -1.32. The lowest BCUT2D eigenvalue weighted by molar-refractivity contribution is 0.0793. The summed E-state index contributed by atoms with van der Waals surface area (Å²) in [6, 6.07) is 15.6. The summed E-state index contributed by atoms with van der Waals surface area (Å²) in [6.07, 6.45) is 1.91. The second kappa shape index (κ2) is 7.62. The first-order valence-electron chi connectivity index (χ1n) is 6.82. The van der Waals surface area contributed by atoms with Gasteiger partial charge >= 0.3 is 0 Å². The molecule has 0 atom stereocenters. The van der Waals surface area contributed by atoms with Crippen LogP contribution < -0.4 is 0 Å². The highest BCUT2D eigenvalue weighted by Gasteiger charge is 2.12. The summed E-state index contributed by atoms with van der Waals surface area (Å²) in [4.78, 5) is 14.1. The summed E-state index contributed by atoms with van der Waals surface area (Å²) >= 11 is 9.34. The zero-order valence-corrected chi connectivity index (χ0v) is 14.2. The maximum atomic E-state index is 12.3. The van der Waals surface area contributed by atoms with Crippen LogP contribution >= 0.6 is 27.5 Å². The summed E-state index contributed by atoms with van der Waals surface area (Å²) in [5.41, 5.74) is 1.90. The maximum Gasteiger partial charge on any atom is 0.253 e. The van der Waals surface area contributed by atoms with Crippen LogP contribution in [-0.2, 0) is 6.42 Å².